The van der Waals surface area contributed by atoms with Crippen LogP contribution < -0.4 is 0 Å². The maximum absolute atomic E-state index is 13.9. The van der Waals surface area contributed by atoms with Crippen molar-refractivity contribution in [3.05, 3.63) is 70.5 Å². The van der Waals surface area contributed by atoms with E-state index < -0.39 is 34.8 Å². The summed E-state index contributed by atoms with van der Waals surface area (Å²) in [6, 6.07) is 6.28. The highest BCUT2D eigenvalue weighted by molar-refractivity contribution is 5.76. The van der Waals surface area contributed by atoms with Crippen molar-refractivity contribution in [3.8, 4) is 0 Å². The third-order valence-electron chi connectivity index (χ3n) is 4.83. The van der Waals surface area contributed by atoms with Crippen LogP contribution in [-0.2, 0) is 24.1 Å². The number of amides is 1. The molecule has 0 N–H and O–H groups in total. The van der Waals surface area contributed by atoms with Crippen LogP contribution in [0, 0.1) is 17.5 Å². The van der Waals surface area contributed by atoms with Crippen LogP contribution in [0.15, 0.2) is 36.4 Å². The lowest BCUT2D eigenvalue weighted by Gasteiger charge is -2.23. The summed E-state index contributed by atoms with van der Waals surface area (Å²) in [7, 11) is 0. The van der Waals surface area contributed by atoms with Crippen molar-refractivity contribution < 1.29 is 31.1 Å². The lowest BCUT2D eigenvalue weighted by Crippen LogP contribution is -2.33. The van der Waals surface area contributed by atoms with Crippen molar-refractivity contribution in [1.29, 1.82) is 0 Å². The number of nitrogens with zero attached hydrogens (tertiary/aromatic N) is 2. The van der Waals surface area contributed by atoms with Gasteiger partial charge >= 0.3 is 6.18 Å². The molecule has 0 radical (unpaired) electrons. The molecule has 0 spiro atoms. The number of hydrogen-bond acceptors (Lipinski definition) is 2. The number of carbonyl (C=O) groups excluding carboxylic acids is 1. The fraction of sp³-hybridized carbons (Fsp3) is 0.350. The number of carbonyl (C=O) groups is 1. The molecule has 1 saturated heterocycles. The van der Waals surface area contributed by atoms with Crippen molar-refractivity contribution in [2.24, 2.45) is 0 Å². The van der Waals surface area contributed by atoms with E-state index in [2.05, 4.69) is 0 Å². The Hall–Kier alpha value is -2.55. The van der Waals surface area contributed by atoms with Gasteiger partial charge in [0.1, 0.15) is 5.82 Å². The van der Waals surface area contributed by atoms with E-state index in [1.807, 2.05) is 0 Å². The lowest BCUT2D eigenvalue weighted by atomic mass is 10.1. The lowest BCUT2D eigenvalue weighted by molar-refractivity contribution is -0.137. The van der Waals surface area contributed by atoms with Gasteiger partial charge in [-0.1, -0.05) is 12.1 Å². The third-order valence-corrected chi connectivity index (χ3v) is 4.83. The van der Waals surface area contributed by atoms with E-state index in [1.165, 1.54) is 17.0 Å². The number of hydrogen-bond donors (Lipinski definition) is 0. The summed E-state index contributed by atoms with van der Waals surface area (Å²) in [4.78, 5) is 15.4. The van der Waals surface area contributed by atoms with Gasteiger partial charge in [-0.25, -0.2) is 13.2 Å². The van der Waals surface area contributed by atoms with Crippen LogP contribution in [0.4, 0.5) is 26.3 Å². The Bertz CT molecular complexity index is 899. The zero-order valence-electron chi connectivity index (χ0n) is 15.3. The second-order valence-corrected chi connectivity index (χ2v) is 6.86. The Kier molecular flexibility index (Phi) is 6.16. The van der Waals surface area contributed by atoms with Crippen molar-refractivity contribution in [3.63, 3.8) is 0 Å². The first kappa shape index (κ1) is 21.2. The van der Waals surface area contributed by atoms with Gasteiger partial charge in [0.15, 0.2) is 11.6 Å². The van der Waals surface area contributed by atoms with E-state index in [4.69, 9.17) is 0 Å². The first-order chi connectivity index (χ1) is 13.6. The smallest absolute Gasteiger partial charge is 0.337 e. The highest BCUT2D eigenvalue weighted by atomic mass is 19.4. The number of halogens is 6. The fourth-order valence-corrected chi connectivity index (χ4v) is 3.24. The van der Waals surface area contributed by atoms with Crippen LogP contribution >= 0.6 is 0 Å². The minimum absolute atomic E-state index is 0.000714. The molecule has 0 unspecified atom stereocenters. The molecule has 0 bridgehead atoms. The molecule has 1 aliphatic heterocycles. The van der Waals surface area contributed by atoms with E-state index in [0.29, 0.717) is 11.6 Å². The molecule has 0 atom stereocenters. The summed E-state index contributed by atoms with van der Waals surface area (Å²) in [5.41, 5.74) is -0.872. The Balaban J connectivity index is 1.69. The predicted molar refractivity (Wildman–Crippen MR) is 93.1 cm³/mol. The van der Waals surface area contributed by atoms with Crippen LogP contribution in [0.25, 0.3) is 0 Å². The van der Waals surface area contributed by atoms with E-state index in [-0.39, 0.29) is 45.1 Å². The molecule has 2 aromatic rings. The Morgan fingerprint density at radius 1 is 0.897 bits per heavy atom. The summed E-state index contributed by atoms with van der Waals surface area (Å²) in [6.45, 7) is 0.417. The maximum Gasteiger partial charge on any atom is 0.416 e. The molecule has 3 nitrogen and oxygen atoms in total. The maximum atomic E-state index is 13.9. The molecular formula is C20H18F6N2O. The summed E-state index contributed by atoms with van der Waals surface area (Å²) >= 11 is 0. The van der Waals surface area contributed by atoms with Crippen LogP contribution in [0.1, 0.15) is 23.1 Å². The average Bonchev–Trinajstić information content (AvgIpc) is 2.84. The number of alkyl halides is 3. The summed E-state index contributed by atoms with van der Waals surface area (Å²) in [5.74, 6) is -3.56. The highest BCUT2D eigenvalue weighted by Gasteiger charge is 2.31. The number of benzene rings is 2. The Morgan fingerprint density at radius 3 is 2.34 bits per heavy atom. The van der Waals surface area contributed by atoms with Crippen molar-refractivity contribution in [1.82, 2.24) is 9.80 Å². The molecule has 156 valence electrons. The average molecular weight is 416 g/mol. The van der Waals surface area contributed by atoms with Crippen molar-refractivity contribution >= 4 is 5.91 Å². The molecule has 0 aromatic heterocycles. The second kappa shape index (κ2) is 8.44. The topological polar surface area (TPSA) is 23.6 Å². The van der Waals surface area contributed by atoms with Gasteiger partial charge in [0, 0.05) is 44.7 Å². The minimum Gasteiger partial charge on any atom is -0.337 e. The van der Waals surface area contributed by atoms with Gasteiger partial charge in [0.05, 0.1) is 5.56 Å². The van der Waals surface area contributed by atoms with Crippen LogP contribution in [0.2, 0.25) is 0 Å². The van der Waals surface area contributed by atoms with E-state index >= 15 is 0 Å². The quantitative estimate of drug-likeness (QED) is 0.546. The van der Waals surface area contributed by atoms with Gasteiger partial charge in [0.2, 0.25) is 5.91 Å². The van der Waals surface area contributed by atoms with E-state index in [9.17, 15) is 31.1 Å². The summed E-state index contributed by atoms with van der Waals surface area (Å²) in [5, 5.41) is 0. The number of rotatable bonds is 4. The normalized spacial score (nSPS) is 16.2. The second-order valence-electron chi connectivity index (χ2n) is 6.86. The third kappa shape index (κ3) is 5.09. The molecule has 29 heavy (non-hydrogen) atoms. The summed E-state index contributed by atoms with van der Waals surface area (Å²) in [6.07, 6.45) is -4.44. The highest BCUT2D eigenvalue weighted by Crippen LogP contribution is 2.30. The summed E-state index contributed by atoms with van der Waals surface area (Å²) < 4.78 is 79.7. The molecule has 1 amide bonds. The molecule has 0 saturated carbocycles. The van der Waals surface area contributed by atoms with Gasteiger partial charge in [-0.05, 0) is 29.8 Å². The molecular weight excluding hydrogens is 398 g/mol. The van der Waals surface area contributed by atoms with Gasteiger partial charge in [0.25, 0.3) is 0 Å². The molecule has 2 aromatic carbocycles. The SMILES string of the molecule is O=C1CCN(Cc2c(F)ccc(F)c2F)CCN1Cc1cccc(C(F)(F)F)c1. The molecule has 3 rings (SSSR count). The standard InChI is InChI=1S/C20H18F6N2O/c21-16-4-5-17(22)19(23)15(16)12-27-7-6-18(29)28(9-8-27)11-13-2-1-3-14(10-13)20(24,25)26/h1-5,10H,6-9,11-12H2. The Morgan fingerprint density at radius 2 is 1.62 bits per heavy atom. The largest absolute Gasteiger partial charge is 0.416 e. The zero-order chi connectivity index (χ0) is 21.2. The van der Waals surface area contributed by atoms with Gasteiger partial charge in [-0.15, -0.1) is 0 Å². The van der Waals surface area contributed by atoms with E-state index in [1.54, 1.807) is 4.90 Å². The molecule has 1 aliphatic rings. The Labute approximate surface area is 163 Å². The van der Waals surface area contributed by atoms with Crippen LogP contribution in [0.3, 0.4) is 0 Å². The van der Waals surface area contributed by atoms with Crippen molar-refractivity contribution in [2.75, 3.05) is 19.6 Å². The zero-order valence-corrected chi connectivity index (χ0v) is 15.3. The first-order valence-corrected chi connectivity index (χ1v) is 8.94. The monoisotopic (exact) mass is 416 g/mol. The molecule has 0 aliphatic carbocycles. The molecule has 9 heteroatoms. The van der Waals surface area contributed by atoms with E-state index in [0.717, 1.165) is 18.2 Å². The van der Waals surface area contributed by atoms with Crippen molar-refractivity contribution in [2.45, 2.75) is 25.7 Å². The minimum atomic E-state index is -4.48. The molecule has 1 heterocycles. The van der Waals surface area contributed by atoms with Crippen LogP contribution in [0.5, 0.6) is 0 Å². The fourth-order valence-electron chi connectivity index (χ4n) is 3.24. The van der Waals surface area contributed by atoms with Crippen LogP contribution in [-0.4, -0.2) is 35.3 Å². The predicted octanol–water partition coefficient (Wildman–Crippen LogP) is 4.36. The first-order valence-electron chi connectivity index (χ1n) is 8.94. The van der Waals surface area contributed by atoms with Gasteiger partial charge < -0.3 is 4.90 Å². The van der Waals surface area contributed by atoms with Gasteiger partial charge in [-0.3, -0.25) is 9.69 Å². The molecule has 1 fully saturated rings. The van der Waals surface area contributed by atoms with Gasteiger partial charge in [-0.2, -0.15) is 13.2 Å².